The Labute approximate surface area is 278 Å². The van der Waals surface area contributed by atoms with Gasteiger partial charge in [-0.05, 0) is 123 Å². The maximum absolute atomic E-state index is 6.56. The van der Waals surface area contributed by atoms with Crippen molar-refractivity contribution in [3.05, 3.63) is 119 Å². The van der Waals surface area contributed by atoms with Crippen LogP contribution >= 0.6 is 23.5 Å². The van der Waals surface area contributed by atoms with Crippen LogP contribution in [-0.2, 0) is 0 Å². The highest BCUT2D eigenvalue weighted by Crippen LogP contribution is 2.44. The third-order valence-corrected chi connectivity index (χ3v) is 10.3. The first-order valence-corrected chi connectivity index (χ1v) is 17.8. The van der Waals surface area contributed by atoms with Crippen molar-refractivity contribution in [2.24, 2.45) is 0 Å². The third kappa shape index (κ3) is 5.08. The van der Waals surface area contributed by atoms with Crippen LogP contribution in [0.15, 0.2) is 101 Å². The van der Waals surface area contributed by atoms with Crippen LogP contribution in [0.2, 0.25) is 0 Å². The van der Waals surface area contributed by atoms with Crippen LogP contribution in [-0.4, -0.2) is 31.8 Å². The lowest BCUT2D eigenvalue weighted by Crippen LogP contribution is -2.00. The predicted octanol–water partition coefficient (Wildman–Crippen LogP) is 10.8. The van der Waals surface area contributed by atoms with E-state index in [0.29, 0.717) is 0 Å². The fourth-order valence-corrected chi connectivity index (χ4v) is 7.77. The summed E-state index contributed by atoms with van der Waals surface area (Å²) in [7, 11) is 0. The van der Waals surface area contributed by atoms with Crippen LogP contribution < -0.4 is 4.74 Å². The lowest BCUT2D eigenvalue weighted by atomic mass is 9.91. The van der Waals surface area contributed by atoms with Gasteiger partial charge in [0, 0.05) is 34.7 Å². The molecular weight excluding hydrogens is 605 g/mol. The van der Waals surface area contributed by atoms with Crippen LogP contribution in [0.25, 0.3) is 44.4 Å². The summed E-state index contributed by atoms with van der Waals surface area (Å²) >= 11 is 3.42. The van der Waals surface area contributed by atoms with Crippen molar-refractivity contribution in [1.29, 1.82) is 0 Å². The zero-order chi connectivity index (χ0) is 32.1. The van der Waals surface area contributed by atoms with Gasteiger partial charge in [-0.2, -0.15) is 5.10 Å². The number of ether oxygens (including phenoxy) is 1. The van der Waals surface area contributed by atoms with E-state index in [1.54, 1.807) is 23.5 Å². The number of aromatic nitrogens is 4. The number of para-hydroxylation sites is 1. The molecule has 0 unspecified atom stereocenters. The molecule has 0 spiro atoms. The molecule has 0 amide bonds. The number of rotatable bonds is 7. The van der Waals surface area contributed by atoms with Crippen molar-refractivity contribution in [1.82, 2.24) is 19.3 Å². The van der Waals surface area contributed by atoms with Gasteiger partial charge in [0.25, 0.3) is 0 Å². The molecule has 0 bridgehead atoms. The normalized spacial score (nSPS) is 11.5. The fraction of sp³-hybridized carbons (Fsp3) is 0.179. The molecule has 3 aromatic heterocycles. The van der Waals surface area contributed by atoms with Gasteiger partial charge < -0.3 is 4.74 Å². The summed E-state index contributed by atoms with van der Waals surface area (Å²) in [6.45, 7) is 10.9. The summed E-state index contributed by atoms with van der Waals surface area (Å²) in [6.07, 6.45) is 6.10. The molecule has 0 aliphatic carbocycles. The smallest absolute Gasteiger partial charge is 0.137 e. The topological polar surface area (TPSA) is 44.9 Å². The summed E-state index contributed by atoms with van der Waals surface area (Å²) < 4.78 is 10.9. The average molecular weight is 641 g/mol. The molecular formula is C39H36N4OS2. The molecule has 3 heterocycles. The maximum atomic E-state index is 6.56. The van der Waals surface area contributed by atoms with Crippen molar-refractivity contribution < 1.29 is 4.74 Å². The molecule has 7 aromatic rings. The van der Waals surface area contributed by atoms with Crippen LogP contribution in [0, 0.1) is 34.6 Å². The Morgan fingerprint density at radius 1 is 0.652 bits per heavy atom. The molecule has 7 rings (SSSR count). The summed E-state index contributed by atoms with van der Waals surface area (Å²) in [4.78, 5) is 4.72. The molecule has 0 aliphatic rings. The zero-order valence-electron chi connectivity index (χ0n) is 27.2. The molecule has 0 aliphatic heterocycles. The van der Waals surface area contributed by atoms with Gasteiger partial charge in [0.05, 0.1) is 16.7 Å². The van der Waals surface area contributed by atoms with E-state index in [-0.39, 0.29) is 0 Å². The van der Waals surface area contributed by atoms with E-state index in [0.717, 1.165) is 49.5 Å². The number of pyridine rings is 1. The first-order valence-electron chi connectivity index (χ1n) is 15.3. The van der Waals surface area contributed by atoms with Gasteiger partial charge in [-0.15, -0.1) is 23.5 Å². The Kier molecular flexibility index (Phi) is 7.91. The van der Waals surface area contributed by atoms with E-state index in [1.807, 2.05) is 30.5 Å². The molecule has 0 saturated heterocycles. The van der Waals surface area contributed by atoms with Gasteiger partial charge in [-0.3, -0.25) is 4.57 Å². The number of hydrogen-bond acceptors (Lipinski definition) is 5. The molecule has 230 valence electrons. The minimum absolute atomic E-state index is 0.752. The summed E-state index contributed by atoms with van der Waals surface area (Å²) in [5.41, 5.74) is 12.0. The first-order chi connectivity index (χ1) is 22.3. The van der Waals surface area contributed by atoms with Crippen LogP contribution in [0.1, 0.15) is 27.8 Å². The third-order valence-electron chi connectivity index (χ3n) is 8.89. The summed E-state index contributed by atoms with van der Waals surface area (Å²) in [5, 5.41) is 9.64. The summed E-state index contributed by atoms with van der Waals surface area (Å²) in [6, 6.07) is 29.4. The highest BCUT2D eigenvalue weighted by atomic mass is 32.2. The lowest BCUT2D eigenvalue weighted by molar-refractivity contribution is 0.482. The second-order valence-electron chi connectivity index (χ2n) is 11.8. The van der Waals surface area contributed by atoms with Gasteiger partial charge in [0.2, 0.25) is 0 Å². The van der Waals surface area contributed by atoms with Crippen molar-refractivity contribution >= 4 is 45.3 Å². The van der Waals surface area contributed by atoms with E-state index >= 15 is 0 Å². The predicted molar refractivity (Wildman–Crippen MR) is 195 cm³/mol. The Balaban J connectivity index is 1.32. The fourth-order valence-electron chi connectivity index (χ4n) is 6.41. The second-order valence-corrected chi connectivity index (χ2v) is 13.4. The largest absolute Gasteiger partial charge is 0.457 e. The Morgan fingerprint density at radius 2 is 1.39 bits per heavy atom. The quantitative estimate of drug-likeness (QED) is 0.162. The van der Waals surface area contributed by atoms with Gasteiger partial charge >= 0.3 is 0 Å². The molecule has 0 radical (unpaired) electrons. The van der Waals surface area contributed by atoms with E-state index in [1.165, 1.54) is 44.3 Å². The Morgan fingerprint density at radius 3 is 2.13 bits per heavy atom. The average Bonchev–Trinajstić information content (AvgIpc) is 3.59. The second kappa shape index (κ2) is 12.0. The lowest BCUT2D eigenvalue weighted by Gasteiger charge is -2.17. The van der Waals surface area contributed by atoms with Crippen LogP contribution in [0.5, 0.6) is 11.5 Å². The molecule has 7 heteroatoms. The van der Waals surface area contributed by atoms with Crippen molar-refractivity contribution in [3.63, 3.8) is 0 Å². The number of fused-ring (bicyclic) bond motifs is 3. The van der Waals surface area contributed by atoms with E-state index in [9.17, 15) is 0 Å². The highest BCUT2D eigenvalue weighted by Gasteiger charge is 2.24. The van der Waals surface area contributed by atoms with Crippen molar-refractivity contribution in [3.8, 4) is 34.1 Å². The van der Waals surface area contributed by atoms with Crippen LogP contribution in [0.4, 0.5) is 0 Å². The molecule has 0 fully saturated rings. The standard InChI is InChI=1S/C39H36N4OS2/c1-23-17-18-40-35(19-23)42-33-14-9-8-13-31(33)32-16-15-30(22-34(32)42)44-29-12-10-11-28(21-29)43-39(46-7)37(38(41-43)45-6)36-26(4)24(2)20-25(3)27(36)5/h8-22H,1-7H3. The van der Waals surface area contributed by atoms with E-state index in [2.05, 4.69) is 117 Å². The van der Waals surface area contributed by atoms with E-state index in [4.69, 9.17) is 14.8 Å². The molecule has 0 N–H and O–H groups in total. The van der Waals surface area contributed by atoms with Gasteiger partial charge in [0.1, 0.15) is 27.4 Å². The zero-order valence-corrected chi connectivity index (χ0v) is 28.8. The minimum Gasteiger partial charge on any atom is -0.457 e. The van der Waals surface area contributed by atoms with E-state index < -0.39 is 0 Å². The Bertz CT molecular complexity index is 2250. The van der Waals surface area contributed by atoms with Crippen LogP contribution in [0.3, 0.4) is 0 Å². The molecule has 0 saturated carbocycles. The van der Waals surface area contributed by atoms with Gasteiger partial charge in [-0.1, -0.05) is 30.3 Å². The van der Waals surface area contributed by atoms with Crippen molar-refractivity contribution in [2.45, 2.75) is 44.7 Å². The molecule has 0 atom stereocenters. The van der Waals surface area contributed by atoms with Gasteiger partial charge in [-0.25, -0.2) is 9.67 Å². The number of benzene rings is 4. The number of thioether (sulfide) groups is 2. The van der Waals surface area contributed by atoms with Gasteiger partial charge in [0.15, 0.2) is 0 Å². The molecule has 4 aromatic carbocycles. The SMILES string of the molecule is CSc1nn(-c2cccc(Oc3ccc4c5ccccc5n(-c5cc(C)ccn5)c4c3)c2)c(SC)c1-c1c(C)c(C)cc(C)c1C. The maximum Gasteiger partial charge on any atom is 0.137 e. The molecule has 46 heavy (non-hydrogen) atoms. The number of nitrogens with zero attached hydrogens (tertiary/aromatic N) is 4. The molecule has 5 nitrogen and oxygen atoms in total. The monoisotopic (exact) mass is 640 g/mol. The first kappa shape index (κ1) is 30.2. The van der Waals surface area contributed by atoms with Crippen molar-refractivity contribution in [2.75, 3.05) is 12.5 Å². The number of aryl methyl sites for hydroxylation is 3. The highest BCUT2D eigenvalue weighted by molar-refractivity contribution is 7.99. The number of hydrogen-bond donors (Lipinski definition) is 0. The minimum atomic E-state index is 0.752. The Hall–Kier alpha value is -4.46. The summed E-state index contributed by atoms with van der Waals surface area (Å²) in [5.74, 6) is 2.41.